The average Bonchev–Trinajstić information content (AvgIpc) is 2.85. The summed E-state index contributed by atoms with van der Waals surface area (Å²) in [7, 11) is 0. The summed E-state index contributed by atoms with van der Waals surface area (Å²) < 4.78 is 11.6. The number of H-pyrrole nitrogens is 1. The summed E-state index contributed by atoms with van der Waals surface area (Å²) in [5.74, 6) is 0.131. The third-order valence-corrected chi connectivity index (χ3v) is 3.84. The van der Waals surface area contributed by atoms with Crippen molar-refractivity contribution in [2.75, 3.05) is 6.61 Å². The number of hydrogen-bond donors (Lipinski definition) is 1. The second-order valence-electron chi connectivity index (χ2n) is 3.54. The fourth-order valence-electron chi connectivity index (χ4n) is 1.43. The van der Waals surface area contributed by atoms with E-state index in [1.165, 1.54) is 0 Å². The Morgan fingerprint density at radius 3 is 2.83 bits per heavy atom. The van der Waals surface area contributed by atoms with Crippen LogP contribution in [0.15, 0.2) is 19.5 Å². The minimum absolute atomic E-state index is 0.329. The molecule has 0 spiro atoms. The lowest BCUT2D eigenvalue weighted by Gasteiger charge is -1.97. The molecule has 0 saturated heterocycles. The van der Waals surface area contributed by atoms with Gasteiger partial charge in [0.15, 0.2) is 5.76 Å². The predicted octanol–water partition coefficient (Wildman–Crippen LogP) is 3.68. The molecule has 0 unspecified atom stereocenters. The van der Waals surface area contributed by atoms with Crippen molar-refractivity contribution in [3.05, 3.63) is 26.4 Å². The second kappa shape index (κ2) is 5.27. The van der Waals surface area contributed by atoms with Crippen molar-refractivity contribution in [1.29, 1.82) is 0 Å². The summed E-state index contributed by atoms with van der Waals surface area (Å²) in [5, 5.41) is 3.85. The van der Waals surface area contributed by atoms with E-state index in [1.807, 2.05) is 6.92 Å². The molecule has 7 heteroatoms. The lowest BCUT2D eigenvalue weighted by atomic mass is 10.3. The highest BCUT2D eigenvalue weighted by Crippen LogP contribution is 2.35. The van der Waals surface area contributed by atoms with Gasteiger partial charge >= 0.3 is 5.97 Å². The predicted molar refractivity (Wildman–Crippen MR) is 72.4 cm³/mol. The Morgan fingerprint density at radius 2 is 2.28 bits per heavy atom. The third-order valence-electron chi connectivity index (χ3n) is 2.28. The van der Waals surface area contributed by atoms with Gasteiger partial charge in [0.2, 0.25) is 0 Å². The van der Waals surface area contributed by atoms with Crippen LogP contribution in [-0.2, 0) is 4.74 Å². The van der Waals surface area contributed by atoms with Crippen molar-refractivity contribution >= 4 is 37.8 Å². The molecule has 0 bridgehead atoms. The summed E-state index contributed by atoms with van der Waals surface area (Å²) in [6.07, 6.45) is 0. The first-order valence-electron chi connectivity index (χ1n) is 5.22. The summed E-state index contributed by atoms with van der Waals surface area (Å²) in [6.45, 7) is 3.91. The molecule has 2 rings (SSSR count). The quantitative estimate of drug-likeness (QED) is 0.828. The van der Waals surface area contributed by atoms with E-state index in [9.17, 15) is 4.79 Å². The van der Waals surface area contributed by atoms with E-state index in [2.05, 4.69) is 42.0 Å². The van der Waals surface area contributed by atoms with Gasteiger partial charge in [0, 0.05) is 4.47 Å². The van der Waals surface area contributed by atoms with E-state index < -0.39 is 5.97 Å². The molecule has 2 aromatic rings. The number of carbonyl (C=O) groups is 1. The number of nitrogens with one attached hydrogen (secondary N) is 1. The van der Waals surface area contributed by atoms with Crippen LogP contribution in [0.5, 0.6) is 0 Å². The maximum atomic E-state index is 11.6. The van der Waals surface area contributed by atoms with Gasteiger partial charge in [-0.1, -0.05) is 5.16 Å². The highest BCUT2D eigenvalue weighted by molar-refractivity contribution is 9.11. The van der Waals surface area contributed by atoms with Gasteiger partial charge < -0.3 is 14.2 Å². The Balaban J connectivity index is 2.41. The van der Waals surface area contributed by atoms with Crippen LogP contribution in [0.4, 0.5) is 0 Å². The SMILES string of the molecule is CCOC(=O)c1cc(Br)c(-c2onc(C)c2Br)[nH]1. The molecule has 0 amide bonds. The van der Waals surface area contributed by atoms with E-state index >= 15 is 0 Å². The zero-order chi connectivity index (χ0) is 13.3. The Morgan fingerprint density at radius 1 is 1.56 bits per heavy atom. The van der Waals surface area contributed by atoms with Gasteiger partial charge in [-0.25, -0.2) is 4.79 Å². The lowest BCUT2D eigenvalue weighted by Crippen LogP contribution is -2.04. The Kier molecular flexibility index (Phi) is 3.91. The van der Waals surface area contributed by atoms with Crippen molar-refractivity contribution in [3.8, 4) is 11.5 Å². The van der Waals surface area contributed by atoms with Crippen molar-refractivity contribution in [1.82, 2.24) is 10.1 Å². The van der Waals surface area contributed by atoms with Gasteiger partial charge in [0.25, 0.3) is 0 Å². The van der Waals surface area contributed by atoms with Crippen LogP contribution in [-0.4, -0.2) is 22.7 Å². The van der Waals surface area contributed by atoms with E-state index in [4.69, 9.17) is 9.26 Å². The molecule has 0 saturated carbocycles. The van der Waals surface area contributed by atoms with Crippen LogP contribution in [0.25, 0.3) is 11.5 Å². The zero-order valence-electron chi connectivity index (χ0n) is 9.71. The first kappa shape index (κ1) is 13.4. The number of aromatic amines is 1. The van der Waals surface area contributed by atoms with Crippen molar-refractivity contribution < 1.29 is 14.1 Å². The summed E-state index contributed by atoms with van der Waals surface area (Å²) in [6, 6.07) is 1.65. The van der Waals surface area contributed by atoms with E-state index in [0.29, 0.717) is 28.2 Å². The topological polar surface area (TPSA) is 68.1 Å². The molecule has 18 heavy (non-hydrogen) atoms. The number of aromatic nitrogens is 2. The van der Waals surface area contributed by atoms with E-state index in [0.717, 1.165) is 10.2 Å². The Hall–Kier alpha value is -1.08. The number of aryl methyl sites for hydroxylation is 1. The fourth-order valence-corrected chi connectivity index (χ4v) is 2.28. The number of rotatable bonds is 3. The standard InChI is InChI=1S/C11H10Br2N2O3/c1-3-17-11(16)7-4-6(12)9(14-7)10-8(13)5(2)15-18-10/h4,14H,3H2,1-2H3. The maximum absolute atomic E-state index is 11.6. The molecular formula is C11H10Br2N2O3. The van der Waals surface area contributed by atoms with Crippen LogP contribution >= 0.6 is 31.9 Å². The summed E-state index contributed by atoms with van der Waals surface area (Å²) in [5.41, 5.74) is 1.74. The van der Waals surface area contributed by atoms with E-state index in [-0.39, 0.29) is 0 Å². The van der Waals surface area contributed by atoms with Crippen LogP contribution in [0.2, 0.25) is 0 Å². The second-order valence-corrected chi connectivity index (χ2v) is 5.18. The molecule has 2 heterocycles. The van der Waals surface area contributed by atoms with Gasteiger partial charge in [0.05, 0.1) is 16.8 Å². The molecule has 0 atom stereocenters. The molecule has 0 aliphatic rings. The molecule has 5 nitrogen and oxygen atoms in total. The van der Waals surface area contributed by atoms with E-state index in [1.54, 1.807) is 13.0 Å². The summed E-state index contributed by atoms with van der Waals surface area (Å²) in [4.78, 5) is 14.6. The molecule has 0 aliphatic heterocycles. The largest absolute Gasteiger partial charge is 0.461 e. The number of halogens is 2. The number of nitrogens with zero attached hydrogens (tertiary/aromatic N) is 1. The number of hydrogen-bond acceptors (Lipinski definition) is 4. The first-order valence-corrected chi connectivity index (χ1v) is 6.81. The van der Waals surface area contributed by atoms with Crippen LogP contribution in [0.3, 0.4) is 0 Å². The van der Waals surface area contributed by atoms with Gasteiger partial charge in [0.1, 0.15) is 11.4 Å². The van der Waals surface area contributed by atoms with Crippen LogP contribution in [0.1, 0.15) is 23.1 Å². The smallest absolute Gasteiger partial charge is 0.354 e. The molecule has 0 fully saturated rings. The first-order chi connectivity index (χ1) is 8.54. The molecule has 1 N–H and O–H groups in total. The number of carbonyl (C=O) groups excluding carboxylic acids is 1. The lowest BCUT2D eigenvalue weighted by molar-refractivity contribution is 0.0520. The highest BCUT2D eigenvalue weighted by atomic mass is 79.9. The van der Waals surface area contributed by atoms with Crippen molar-refractivity contribution in [2.45, 2.75) is 13.8 Å². The molecule has 96 valence electrons. The Labute approximate surface area is 120 Å². The normalized spacial score (nSPS) is 10.7. The molecule has 0 aromatic carbocycles. The minimum Gasteiger partial charge on any atom is -0.461 e. The third kappa shape index (κ3) is 2.37. The fraction of sp³-hybridized carbons (Fsp3) is 0.273. The average molecular weight is 378 g/mol. The van der Waals surface area contributed by atoms with Gasteiger partial charge in [-0.2, -0.15) is 0 Å². The minimum atomic E-state index is -0.406. The van der Waals surface area contributed by atoms with Gasteiger partial charge in [-0.05, 0) is 51.8 Å². The molecule has 0 radical (unpaired) electrons. The number of esters is 1. The zero-order valence-corrected chi connectivity index (χ0v) is 12.9. The summed E-state index contributed by atoms with van der Waals surface area (Å²) >= 11 is 6.75. The Bertz CT molecular complexity index is 589. The van der Waals surface area contributed by atoms with Crippen molar-refractivity contribution in [2.24, 2.45) is 0 Å². The molecule has 2 aromatic heterocycles. The monoisotopic (exact) mass is 376 g/mol. The highest BCUT2D eigenvalue weighted by Gasteiger charge is 2.20. The van der Waals surface area contributed by atoms with Crippen molar-refractivity contribution in [3.63, 3.8) is 0 Å². The van der Waals surface area contributed by atoms with Gasteiger partial charge in [-0.15, -0.1) is 0 Å². The molecule has 0 aliphatic carbocycles. The van der Waals surface area contributed by atoms with Crippen LogP contribution in [0, 0.1) is 6.92 Å². The maximum Gasteiger partial charge on any atom is 0.354 e. The van der Waals surface area contributed by atoms with Crippen LogP contribution < -0.4 is 0 Å². The molecular weight excluding hydrogens is 368 g/mol. The van der Waals surface area contributed by atoms with Gasteiger partial charge in [-0.3, -0.25) is 0 Å². The number of ether oxygens (including phenoxy) is 1.